The van der Waals surface area contributed by atoms with Crippen molar-refractivity contribution in [3.8, 4) is 11.5 Å². The Morgan fingerprint density at radius 1 is 1.05 bits per heavy atom. The van der Waals surface area contributed by atoms with Gasteiger partial charge in [-0.1, -0.05) is 29.8 Å². The number of para-hydroxylation sites is 1. The van der Waals surface area contributed by atoms with Gasteiger partial charge in [-0.15, -0.1) is 0 Å². The third kappa shape index (κ3) is 3.85. The maximum Gasteiger partial charge on any atom is 0.173 e. The minimum atomic E-state index is -0.484. The second-order valence-corrected chi connectivity index (χ2v) is 4.51. The summed E-state index contributed by atoms with van der Waals surface area (Å²) in [4.78, 5) is 0. The predicted molar refractivity (Wildman–Crippen MR) is 76.7 cm³/mol. The molecule has 0 spiro atoms. The van der Waals surface area contributed by atoms with E-state index in [-0.39, 0.29) is 17.4 Å². The van der Waals surface area contributed by atoms with Crippen molar-refractivity contribution in [1.82, 2.24) is 0 Å². The van der Waals surface area contributed by atoms with E-state index >= 15 is 0 Å². The molecule has 2 rings (SSSR count). The summed E-state index contributed by atoms with van der Waals surface area (Å²) in [5, 5.41) is 0.245. The van der Waals surface area contributed by atoms with E-state index in [2.05, 4.69) is 0 Å². The molecule has 0 saturated heterocycles. The maximum absolute atomic E-state index is 13.4. The number of halogens is 2. The van der Waals surface area contributed by atoms with Gasteiger partial charge in [0.15, 0.2) is 11.6 Å². The number of hydrogen-bond donors (Lipinski definition) is 1. The summed E-state index contributed by atoms with van der Waals surface area (Å²) in [7, 11) is 0. The van der Waals surface area contributed by atoms with Crippen LogP contribution in [0.15, 0.2) is 42.5 Å². The first kappa shape index (κ1) is 14.6. The van der Waals surface area contributed by atoms with E-state index in [0.29, 0.717) is 18.9 Å². The Labute approximate surface area is 122 Å². The van der Waals surface area contributed by atoms with Gasteiger partial charge in [0.25, 0.3) is 0 Å². The largest absolute Gasteiger partial charge is 0.490 e. The normalized spacial score (nSPS) is 10.3. The molecule has 2 N–H and O–H groups in total. The molecular formula is C15H15ClFNO2. The van der Waals surface area contributed by atoms with E-state index in [0.717, 1.165) is 5.56 Å². The van der Waals surface area contributed by atoms with Crippen LogP contribution < -0.4 is 15.2 Å². The molecule has 106 valence electrons. The van der Waals surface area contributed by atoms with Crippen LogP contribution in [-0.2, 0) is 6.54 Å². The average Bonchev–Trinajstić information content (AvgIpc) is 2.46. The van der Waals surface area contributed by atoms with E-state index in [1.807, 2.05) is 24.3 Å². The highest BCUT2D eigenvalue weighted by molar-refractivity contribution is 6.32. The van der Waals surface area contributed by atoms with Crippen molar-refractivity contribution in [2.24, 2.45) is 5.73 Å². The molecule has 0 fully saturated rings. The molecule has 0 aliphatic carbocycles. The SMILES string of the molecule is NCc1cccc(OCCOc2c(F)cccc2Cl)c1. The van der Waals surface area contributed by atoms with Gasteiger partial charge < -0.3 is 15.2 Å². The molecule has 0 saturated carbocycles. The quantitative estimate of drug-likeness (QED) is 0.831. The van der Waals surface area contributed by atoms with Crippen LogP contribution in [0.25, 0.3) is 0 Å². The smallest absolute Gasteiger partial charge is 0.173 e. The van der Waals surface area contributed by atoms with E-state index in [1.54, 1.807) is 6.07 Å². The first-order chi connectivity index (χ1) is 9.70. The average molecular weight is 296 g/mol. The fraction of sp³-hybridized carbons (Fsp3) is 0.200. The Kier molecular flexibility index (Phi) is 5.21. The number of hydrogen-bond acceptors (Lipinski definition) is 3. The van der Waals surface area contributed by atoms with Gasteiger partial charge in [-0.3, -0.25) is 0 Å². The zero-order chi connectivity index (χ0) is 14.4. The van der Waals surface area contributed by atoms with Crippen LogP contribution in [0, 0.1) is 5.82 Å². The highest BCUT2D eigenvalue weighted by atomic mass is 35.5. The molecule has 3 nitrogen and oxygen atoms in total. The minimum Gasteiger partial charge on any atom is -0.490 e. The second-order valence-electron chi connectivity index (χ2n) is 4.10. The topological polar surface area (TPSA) is 44.5 Å². The lowest BCUT2D eigenvalue weighted by Gasteiger charge is -2.10. The third-order valence-corrected chi connectivity index (χ3v) is 2.95. The van der Waals surface area contributed by atoms with Crippen molar-refractivity contribution in [1.29, 1.82) is 0 Å². The van der Waals surface area contributed by atoms with Gasteiger partial charge >= 0.3 is 0 Å². The summed E-state index contributed by atoms with van der Waals surface area (Å²) >= 11 is 5.85. The van der Waals surface area contributed by atoms with Gasteiger partial charge in [0, 0.05) is 6.54 Å². The second kappa shape index (κ2) is 7.12. The van der Waals surface area contributed by atoms with Crippen LogP contribution in [0.3, 0.4) is 0 Å². The Bertz CT molecular complexity index is 557. The van der Waals surface area contributed by atoms with E-state index in [9.17, 15) is 4.39 Å². The van der Waals surface area contributed by atoms with Crippen LogP contribution in [0.4, 0.5) is 4.39 Å². The van der Waals surface area contributed by atoms with Crippen LogP contribution in [0.1, 0.15) is 5.56 Å². The van der Waals surface area contributed by atoms with Gasteiger partial charge in [0.05, 0.1) is 5.02 Å². The lowest BCUT2D eigenvalue weighted by atomic mass is 10.2. The van der Waals surface area contributed by atoms with E-state index in [4.69, 9.17) is 26.8 Å². The van der Waals surface area contributed by atoms with E-state index < -0.39 is 5.82 Å². The van der Waals surface area contributed by atoms with Gasteiger partial charge in [0.2, 0.25) is 0 Å². The Morgan fingerprint density at radius 2 is 1.80 bits per heavy atom. The monoisotopic (exact) mass is 295 g/mol. The van der Waals surface area contributed by atoms with Gasteiger partial charge in [-0.2, -0.15) is 0 Å². The standard InChI is InChI=1S/C15H15ClFNO2/c16-13-5-2-6-14(17)15(13)20-8-7-19-12-4-1-3-11(9-12)10-18/h1-6,9H,7-8,10,18H2. The molecular weight excluding hydrogens is 281 g/mol. The molecule has 0 bridgehead atoms. The van der Waals surface area contributed by atoms with E-state index in [1.165, 1.54) is 12.1 Å². The van der Waals surface area contributed by atoms with Crippen molar-refractivity contribution in [3.05, 3.63) is 58.9 Å². The highest BCUT2D eigenvalue weighted by Crippen LogP contribution is 2.27. The Balaban J connectivity index is 1.84. The van der Waals surface area contributed by atoms with Gasteiger partial charge in [0.1, 0.15) is 19.0 Å². The molecule has 2 aromatic carbocycles. The number of rotatable bonds is 6. The predicted octanol–water partition coefficient (Wildman–Crippen LogP) is 3.40. The molecule has 20 heavy (non-hydrogen) atoms. The lowest BCUT2D eigenvalue weighted by molar-refractivity contribution is 0.211. The fourth-order valence-corrected chi connectivity index (χ4v) is 1.90. The molecule has 2 aromatic rings. The van der Waals surface area contributed by atoms with Gasteiger partial charge in [-0.25, -0.2) is 4.39 Å². The van der Waals surface area contributed by atoms with Crippen LogP contribution >= 0.6 is 11.6 Å². The van der Waals surface area contributed by atoms with Crippen molar-refractivity contribution in [2.45, 2.75) is 6.54 Å². The Hall–Kier alpha value is -1.78. The first-order valence-corrected chi connectivity index (χ1v) is 6.57. The third-order valence-electron chi connectivity index (χ3n) is 2.65. The molecule has 0 unspecified atom stereocenters. The Morgan fingerprint density at radius 3 is 2.55 bits per heavy atom. The molecule has 0 aromatic heterocycles. The molecule has 0 atom stereocenters. The van der Waals surface area contributed by atoms with Crippen LogP contribution in [0.5, 0.6) is 11.5 Å². The summed E-state index contributed by atoms with van der Waals surface area (Å²) in [5.74, 6) is 0.271. The van der Waals surface area contributed by atoms with Crippen molar-refractivity contribution in [2.75, 3.05) is 13.2 Å². The summed E-state index contributed by atoms with van der Waals surface area (Å²) in [6, 6.07) is 11.9. The minimum absolute atomic E-state index is 0.0495. The molecule has 0 amide bonds. The maximum atomic E-state index is 13.4. The molecule has 0 aliphatic rings. The summed E-state index contributed by atoms with van der Waals surface area (Å²) in [6.07, 6.45) is 0. The molecule has 5 heteroatoms. The number of nitrogens with two attached hydrogens (primary N) is 1. The van der Waals surface area contributed by atoms with Gasteiger partial charge in [-0.05, 0) is 29.8 Å². The molecule has 0 aliphatic heterocycles. The summed E-state index contributed by atoms with van der Waals surface area (Å²) in [5.41, 5.74) is 6.53. The zero-order valence-corrected chi connectivity index (χ0v) is 11.6. The summed E-state index contributed by atoms with van der Waals surface area (Å²) in [6.45, 7) is 0.949. The summed E-state index contributed by atoms with van der Waals surface area (Å²) < 4.78 is 24.2. The van der Waals surface area contributed by atoms with Crippen LogP contribution in [-0.4, -0.2) is 13.2 Å². The highest BCUT2D eigenvalue weighted by Gasteiger charge is 2.07. The number of ether oxygens (including phenoxy) is 2. The first-order valence-electron chi connectivity index (χ1n) is 6.19. The van der Waals surface area contributed by atoms with Crippen molar-refractivity contribution < 1.29 is 13.9 Å². The molecule has 0 heterocycles. The van der Waals surface area contributed by atoms with Crippen molar-refractivity contribution >= 4 is 11.6 Å². The van der Waals surface area contributed by atoms with Crippen LogP contribution in [0.2, 0.25) is 5.02 Å². The fourth-order valence-electron chi connectivity index (χ4n) is 1.69. The number of benzene rings is 2. The molecule has 0 radical (unpaired) electrons. The zero-order valence-electron chi connectivity index (χ0n) is 10.8. The lowest BCUT2D eigenvalue weighted by Crippen LogP contribution is -2.10. The van der Waals surface area contributed by atoms with Crippen molar-refractivity contribution in [3.63, 3.8) is 0 Å².